The monoisotopic (exact) mass is 268 g/mol. The Bertz CT molecular complexity index is 385. The first-order valence-electron chi connectivity index (χ1n) is 6.03. The van der Waals surface area contributed by atoms with Crippen molar-refractivity contribution in [3.8, 4) is 5.75 Å². The predicted octanol–water partition coefficient (Wildman–Crippen LogP) is 2.10. The van der Waals surface area contributed by atoms with Crippen LogP contribution in [-0.4, -0.2) is 30.1 Å². The molecule has 0 saturated heterocycles. The third kappa shape index (κ3) is 4.58. The van der Waals surface area contributed by atoms with E-state index < -0.39 is 0 Å². The highest BCUT2D eigenvalue weighted by molar-refractivity contribution is 8.00. The lowest BCUT2D eigenvalue weighted by molar-refractivity contribution is -0.115. The number of carbonyl (C=O) groups excluding carboxylic acids is 1. The molecule has 5 heteroatoms. The summed E-state index contributed by atoms with van der Waals surface area (Å²) in [5, 5.41) is 2.76. The van der Waals surface area contributed by atoms with Gasteiger partial charge in [0.1, 0.15) is 5.75 Å². The fourth-order valence-electron chi connectivity index (χ4n) is 1.41. The zero-order chi connectivity index (χ0) is 13.4. The molecular formula is C13H20N2O2S. The quantitative estimate of drug-likeness (QED) is 0.795. The van der Waals surface area contributed by atoms with Crippen LogP contribution >= 0.6 is 11.8 Å². The van der Waals surface area contributed by atoms with E-state index in [2.05, 4.69) is 5.32 Å². The van der Waals surface area contributed by atoms with E-state index in [1.807, 2.05) is 38.1 Å². The average Bonchev–Trinajstić information content (AvgIpc) is 2.38. The van der Waals surface area contributed by atoms with Crippen LogP contribution in [0.25, 0.3) is 0 Å². The lowest BCUT2D eigenvalue weighted by atomic mass is 10.3. The molecule has 18 heavy (non-hydrogen) atoms. The number of anilines is 1. The summed E-state index contributed by atoms with van der Waals surface area (Å²) in [5.74, 6) is 1.45. The van der Waals surface area contributed by atoms with Gasteiger partial charge in [-0.25, -0.2) is 0 Å². The Labute approximate surface area is 112 Å². The zero-order valence-corrected chi connectivity index (χ0v) is 11.6. The highest BCUT2D eigenvalue weighted by Crippen LogP contribution is 2.24. The molecule has 1 unspecified atom stereocenters. The second kappa shape index (κ2) is 8.00. The van der Waals surface area contributed by atoms with E-state index in [-0.39, 0.29) is 11.2 Å². The Morgan fingerprint density at radius 1 is 1.50 bits per heavy atom. The van der Waals surface area contributed by atoms with E-state index >= 15 is 0 Å². The minimum Gasteiger partial charge on any atom is -0.492 e. The average molecular weight is 268 g/mol. The van der Waals surface area contributed by atoms with Crippen LogP contribution in [0.15, 0.2) is 24.3 Å². The predicted molar refractivity (Wildman–Crippen MR) is 77.2 cm³/mol. The summed E-state index contributed by atoms with van der Waals surface area (Å²) < 4.78 is 5.46. The van der Waals surface area contributed by atoms with Crippen LogP contribution in [0.5, 0.6) is 5.75 Å². The molecule has 3 N–H and O–H groups in total. The van der Waals surface area contributed by atoms with Crippen LogP contribution in [0.2, 0.25) is 0 Å². The number of nitrogens with one attached hydrogen (secondary N) is 1. The van der Waals surface area contributed by atoms with E-state index in [0.717, 1.165) is 5.75 Å². The number of hydrogen-bond donors (Lipinski definition) is 2. The zero-order valence-electron chi connectivity index (χ0n) is 10.8. The number of para-hydroxylation sites is 2. The fourth-order valence-corrected chi connectivity index (χ4v) is 2.11. The molecule has 0 aliphatic heterocycles. The molecule has 1 atom stereocenters. The number of nitrogens with two attached hydrogens (primary N) is 1. The molecule has 0 saturated carbocycles. The van der Waals surface area contributed by atoms with Gasteiger partial charge in [0.15, 0.2) is 0 Å². The van der Waals surface area contributed by atoms with E-state index in [9.17, 15) is 4.79 Å². The molecule has 0 spiro atoms. The number of hydrogen-bond acceptors (Lipinski definition) is 4. The summed E-state index contributed by atoms with van der Waals surface area (Å²) in [6.07, 6.45) is 0. The van der Waals surface area contributed by atoms with Crippen molar-refractivity contribution in [1.82, 2.24) is 0 Å². The number of rotatable bonds is 7. The van der Waals surface area contributed by atoms with Crippen LogP contribution in [0.4, 0.5) is 5.69 Å². The van der Waals surface area contributed by atoms with E-state index in [4.69, 9.17) is 10.5 Å². The van der Waals surface area contributed by atoms with Gasteiger partial charge in [-0.2, -0.15) is 0 Å². The van der Waals surface area contributed by atoms with Gasteiger partial charge in [0.05, 0.1) is 17.5 Å². The van der Waals surface area contributed by atoms with E-state index in [1.54, 1.807) is 11.8 Å². The number of amides is 1. The van der Waals surface area contributed by atoms with Crippen LogP contribution in [0.1, 0.15) is 13.8 Å². The standard InChI is InChI=1S/C13H20N2O2S/c1-3-17-12-7-5-4-6-11(12)15-13(16)10(2)18-9-8-14/h4-7,10H,3,8-9,14H2,1-2H3,(H,15,16). The van der Waals surface area contributed by atoms with Gasteiger partial charge in [-0.15, -0.1) is 11.8 Å². The number of benzene rings is 1. The second-order valence-electron chi connectivity index (χ2n) is 3.72. The van der Waals surface area contributed by atoms with Crippen molar-refractivity contribution in [3.05, 3.63) is 24.3 Å². The van der Waals surface area contributed by atoms with Gasteiger partial charge in [0.25, 0.3) is 0 Å². The minimum absolute atomic E-state index is 0.0272. The van der Waals surface area contributed by atoms with Gasteiger partial charge in [-0.3, -0.25) is 4.79 Å². The number of carbonyl (C=O) groups is 1. The highest BCUT2D eigenvalue weighted by Gasteiger charge is 2.14. The maximum absolute atomic E-state index is 11.9. The number of thioether (sulfide) groups is 1. The van der Waals surface area contributed by atoms with Crippen LogP contribution in [0.3, 0.4) is 0 Å². The summed E-state index contributed by atoms with van der Waals surface area (Å²) >= 11 is 1.55. The molecule has 0 fully saturated rings. The molecule has 0 radical (unpaired) electrons. The van der Waals surface area contributed by atoms with Crippen molar-refractivity contribution in [2.24, 2.45) is 5.73 Å². The Kier molecular flexibility index (Phi) is 6.60. The molecule has 1 aromatic carbocycles. The first kappa shape index (κ1) is 14.9. The van der Waals surface area contributed by atoms with Crippen LogP contribution in [0, 0.1) is 0 Å². The fraction of sp³-hybridized carbons (Fsp3) is 0.462. The SMILES string of the molecule is CCOc1ccccc1NC(=O)C(C)SCCN. The molecular weight excluding hydrogens is 248 g/mol. The smallest absolute Gasteiger partial charge is 0.237 e. The van der Waals surface area contributed by atoms with Crippen molar-refractivity contribution in [3.63, 3.8) is 0 Å². The van der Waals surface area contributed by atoms with Crippen molar-refractivity contribution < 1.29 is 9.53 Å². The van der Waals surface area contributed by atoms with Gasteiger partial charge in [0.2, 0.25) is 5.91 Å². The van der Waals surface area contributed by atoms with Gasteiger partial charge >= 0.3 is 0 Å². The first-order valence-corrected chi connectivity index (χ1v) is 7.08. The number of ether oxygens (including phenoxy) is 1. The molecule has 0 heterocycles. The van der Waals surface area contributed by atoms with Gasteiger partial charge in [-0.05, 0) is 26.0 Å². The van der Waals surface area contributed by atoms with Crippen molar-refractivity contribution >= 4 is 23.4 Å². The van der Waals surface area contributed by atoms with E-state index in [1.165, 1.54) is 0 Å². The lowest BCUT2D eigenvalue weighted by Gasteiger charge is -2.14. The Balaban J connectivity index is 2.63. The third-order valence-corrected chi connectivity index (χ3v) is 3.49. The molecule has 0 bridgehead atoms. The third-order valence-electron chi connectivity index (χ3n) is 2.30. The van der Waals surface area contributed by atoms with Gasteiger partial charge in [0, 0.05) is 12.3 Å². The van der Waals surface area contributed by atoms with Crippen molar-refractivity contribution in [1.29, 1.82) is 0 Å². The maximum atomic E-state index is 11.9. The molecule has 4 nitrogen and oxygen atoms in total. The second-order valence-corrected chi connectivity index (χ2v) is 5.17. The molecule has 1 rings (SSSR count). The Morgan fingerprint density at radius 3 is 2.89 bits per heavy atom. The molecule has 1 aromatic rings. The Morgan fingerprint density at radius 2 is 2.22 bits per heavy atom. The molecule has 0 aromatic heterocycles. The highest BCUT2D eigenvalue weighted by atomic mass is 32.2. The lowest BCUT2D eigenvalue weighted by Crippen LogP contribution is -2.24. The minimum atomic E-state index is -0.122. The van der Waals surface area contributed by atoms with E-state index in [0.29, 0.717) is 24.6 Å². The Hall–Kier alpha value is -1.20. The van der Waals surface area contributed by atoms with Crippen molar-refractivity contribution in [2.75, 3.05) is 24.2 Å². The van der Waals surface area contributed by atoms with Gasteiger partial charge < -0.3 is 15.8 Å². The largest absolute Gasteiger partial charge is 0.492 e. The summed E-state index contributed by atoms with van der Waals surface area (Å²) in [6.45, 7) is 4.94. The topological polar surface area (TPSA) is 64.3 Å². The van der Waals surface area contributed by atoms with Crippen LogP contribution < -0.4 is 15.8 Å². The maximum Gasteiger partial charge on any atom is 0.237 e. The normalized spacial score (nSPS) is 11.9. The molecule has 0 aliphatic rings. The summed E-state index contributed by atoms with van der Waals surface area (Å²) in [5.41, 5.74) is 6.13. The molecule has 0 aliphatic carbocycles. The van der Waals surface area contributed by atoms with Crippen LogP contribution in [-0.2, 0) is 4.79 Å². The van der Waals surface area contributed by atoms with Crippen molar-refractivity contribution in [2.45, 2.75) is 19.1 Å². The first-order chi connectivity index (χ1) is 8.69. The summed E-state index contributed by atoms with van der Waals surface area (Å²) in [7, 11) is 0. The summed E-state index contributed by atoms with van der Waals surface area (Å²) in [4.78, 5) is 11.9. The summed E-state index contributed by atoms with van der Waals surface area (Å²) in [6, 6.07) is 7.43. The molecule has 1 amide bonds. The molecule has 100 valence electrons. The van der Waals surface area contributed by atoms with Gasteiger partial charge in [-0.1, -0.05) is 12.1 Å².